The topological polar surface area (TPSA) is 119 Å². The van der Waals surface area contributed by atoms with Crippen LogP contribution in [0.4, 0.5) is 10.5 Å². The molecular weight excluding hydrogens is 504 g/mol. The summed E-state index contributed by atoms with van der Waals surface area (Å²) in [5, 5.41) is 2.44. The van der Waals surface area contributed by atoms with Crippen LogP contribution in [0.2, 0.25) is 0 Å². The number of fused-ring (bicyclic) bond motifs is 3. The molecule has 1 unspecified atom stereocenters. The standard InChI is InChI=1S/C25H26N2O7S2/c1-4-35(29,30)27(36(31,32)5-2)25(28)26-18-14-15-19-20(16-18)24(17-10-7-6-8-11-17)34-22-13-9-12-21(33-3)23(19)22/h6-16,24H,4-5H2,1-3H3,(H,26,28). The summed E-state index contributed by atoms with van der Waals surface area (Å²) in [6.45, 7) is 2.54. The third-order valence-electron chi connectivity index (χ3n) is 5.81. The predicted octanol–water partition coefficient (Wildman–Crippen LogP) is 4.38. The van der Waals surface area contributed by atoms with Crippen molar-refractivity contribution in [2.24, 2.45) is 0 Å². The Bertz CT molecular complexity index is 1470. The Hall–Kier alpha value is -3.57. The van der Waals surface area contributed by atoms with E-state index < -0.39 is 43.7 Å². The summed E-state index contributed by atoms with van der Waals surface area (Å²) >= 11 is 0. The molecule has 11 heteroatoms. The van der Waals surface area contributed by atoms with Crippen LogP contribution in [0.1, 0.15) is 31.1 Å². The molecule has 9 nitrogen and oxygen atoms in total. The summed E-state index contributed by atoms with van der Waals surface area (Å²) < 4.78 is 61.7. The molecule has 0 radical (unpaired) electrons. The van der Waals surface area contributed by atoms with E-state index in [9.17, 15) is 21.6 Å². The molecule has 1 aliphatic rings. The molecular formula is C25H26N2O7S2. The van der Waals surface area contributed by atoms with Crippen LogP contribution in [0.25, 0.3) is 11.1 Å². The molecule has 0 aliphatic carbocycles. The highest BCUT2D eigenvalue weighted by atomic mass is 32.3. The second-order valence-corrected chi connectivity index (χ2v) is 12.4. The molecule has 0 spiro atoms. The van der Waals surface area contributed by atoms with E-state index in [-0.39, 0.29) is 9.40 Å². The summed E-state index contributed by atoms with van der Waals surface area (Å²) in [4.78, 5) is 12.9. The van der Waals surface area contributed by atoms with Crippen LogP contribution in [0, 0.1) is 0 Å². The smallest absolute Gasteiger partial charge is 0.349 e. The van der Waals surface area contributed by atoms with E-state index >= 15 is 0 Å². The van der Waals surface area contributed by atoms with Gasteiger partial charge in [0.15, 0.2) is 0 Å². The Morgan fingerprint density at radius 3 is 2.22 bits per heavy atom. The van der Waals surface area contributed by atoms with Gasteiger partial charge in [0.25, 0.3) is 20.0 Å². The van der Waals surface area contributed by atoms with Crippen LogP contribution in [0.15, 0.2) is 66.7 Å². The minimum absolute atomic E-state index is 0.0665. The van der Waals surface area contributed by atoms with Gasteiger partial charge in [-0.3, -0.25) is 0 Å². The monoisotopic (exact) mass is 530 g/mol. The van der Waals surface area contributed by atoms with Gasteiger partial charge >= 0.3 is 6.03 Å². The van der Waals surface area contributed by atoms with Gasteiger partial charge in [0, 0.05) is 11.3 Å². The highest BCUT2D eigenvalue weighted by Crippen LogP contribution is 2.49. The van der Waals surface area contributed by atoms with E-state index in [2.05, 4.69) is 5.32 Å². The first-order chi connectivity index (χ1) is 17.1. The van der Waals surface area contributed by atoms with Crippen LogP contribution in [-0.2, 0) is 20.0 Å². The van der Waals surface area contributed by atoms with Crippen molar-refractivity contribution in [2.45, 2.75) is 20.0 Å². The first-order valence-electron chi connectivity index (χ1n) is 11.2. The summed E-state index contributed by atoms with van der Waals surface area (Å²) in [5.74, 6) is 0.127. The van der Waals surface area contributed by atoms with Crippen molar-refractivity contribution in [2.75, 3.05) is 23.9 Å². The van der Waals surface area contributed by atoms with E-state index in [0.717, 1.165) is 16.7 Å². The Morgan fingerprint density at radius 2 is 1.61 bits per heavy atom. The zero-order chi connectivity index (χ0) is 26.1. The van der Waals surface area contributed by atoms with E-state index in [1.54, 1.807) is 25.3 Å². The summed E-state index contributed by atoms with van der Waals surface area (Å²) in [6, 6.07) is 18.7. The molecule has 3 aromatic carbocycles. The lowest BCUT2D eigenvalue weighted by molar-refractivity contribution is 0.242. The summed E-state index contributed by atoms with van der Waals surface area (Å²) in [5.41, 5.74) is 3.31. The molecule has 36 heavy (non-hydrogen) atoms. The van der Waals surface area contributed by atoms with Crippen molar-refractivity contribution in [1.29, 1.82) is 0 Å². The lowest BCUT2D eigenvalue weighted by Crippen LogP contribution is -2.45. The number of benzene rings is 3. The van der Waals surface area contributed by atoms with E-state index in [4.69, 9.17) is 9.47 Å². The van der Waals surface area contributed by atoms with Gasteiger partial charge in [-0.05, 0) is 49.2 Å². The fourth-order valence-electron chi connectivity index (χ4n) is 4.03. The van der Waals surface area contributed by atoms with Crippen molar-refractivity contribution in [3.63, 3.8) is 0 Å². The Labute approximate surface area is 210 Å². The number of amides is 2. The van der Waals surface area contributed by atoms with E-state index in [1.807, 2.05) is 48.5 Å². The van der Waals surface area contributed by atoms with Crippen LogP contribution in [0.3, 0.4) is 0 Å². The number of carbonyl (C=O) groups excluding carboxylic acids is 1. The highest BCUT2D eigenvalue weighted by Gasteiger charge is 2.37. The van der Waals surface area contributed by atoms with Crippen LogP contribution >= 0.6 is 0 Å². The summed E-state index contributed by atoms with van der Waals surface area (Å²) in [7, 11) is -7.20. The van der Waals surface area contributed by atoms with Crippen LogP contribution < -0.4 is 14.8 Å². The molecule has 3 aromatic rings. The molecule has 1 aliphatic heterocycles. The molecule has 0 saturated heterocycles. The number of hydrogen-bond donors (Lipinski definition) is 1. The minimum Gasteiger partial charge on any atom is -0.496 e. The first kappa shape index (κ1) is 25.5. The van der Waals surface area contributed by atoms with Crippen molar-refractivity contribution < 1.29 is 31.1 Å². The Balaban J connectivity index is 1.81. The Kier molecular flexibility index (Phi) is 6.96. The fraction of sp³-hybridized carbons (Fsp3) is 0.240. The average Bonchev–Trinajstić information content (AvgIpc) is 2.87. The number of methoxy groups -OCH3 is 1. The van der Waals surface area contributed by atoms with Crippen molar-refractivity contribution in [1.82, 2.24) is 3.71 Å². The largest absolute Gasteiger partial charge is 0.496 e. The molecule has 190 valence electrons. The molecule has 4 rings (SSSR count). The van der Waals surface area contributed by atoms with Gasteiger partial charge in [0.05, 0.1) is 24.2 Å². The zero-order valence-electron chi connectivity index (χ0n) is 20.0. The second-order valence-electron chi connectivity index (χ2n) is 7.97. The van der Waals surface area contributed by atoms with Crippen molar-refractivity contribution in [3.05, 3.63) is 77.9 Å². The highest BCUT2D eigenvalue weighted by molar-refractivity contribution is 8.04. The summed E-state index contributed by atoms with van der Waals surface area (Å²) in [6.07, 6.45) is -0.535. The van der Waals surface area contributed by atoms with E-state index in [1.165, 1.54) is 13.8 Å². The fourth-order valence-corrected chi connectivity index (χ4v) is 7.11. The molecule has 2 amide bonds. The van der Waals surface area contributed by atoms with Gasteiger partial charge in [0.1, 0.15) is 17.6 Å². The number of urea groups is 1. The normalized spacial score (nSPS) is 14.7. The van der Waals surface area contributed by atoms with Gasteiger partial charge < -0.3 is 14.8 Å². The number of hydrogen-bond acceptors (Lipinski definition) is 7. The number of nitrogens with zero attached hydrogens (tertiary/aromatic N) is 1. The number of carbonyl (C=O) groups is 1. The van der Waals surface area contributed by atoms with Gasteiger partial charge in [-0.1, -0.05) is 42.5 Å². The Morgan fingerprint density at radius 1 is 0.944 bits per heavy atom. The van der Waals surface area contributed by atoms with Gasteiger partial charge in [0.2, 0.25) is 0 Å². The third-order valence-corrected chi connectivity index (χ3v) is 9.97. The van der Waals surface area contributed by atoms with Gasteiger partial charge in [-0.2, -0.15) is 0 Å². The molecule has 0 fully saturated rings. The predicted molar refractivity (Wildman–Crippen MR) is 137 cm³/mol. The number of ether oxygens (including phenoxy) is 2. The lowest BCUT2D eigenvalue weighted by atomic mass is 9.88. The maximum absolute atomic E-state index is 12.9. The van der Waals surface area contributed by atoms with E-state index in [0.29, 0.717) is 17.1 Å². The molecule has 1 atom stereocenters. The number of nitrogens with one attached hydrogen (secondary N) is 1. The number of anilines is 1. The average molecular weight is 531 g/mol. The minimum atomic E-state index is -4.38. The quantitative estimate of drug-likeness (QED) is 0.482. The van der Waals surface area contributed by atoms with Crippen LogP contribution in [0.5, 0.6) is 11.5 Å². The molecule has 1 N–H and O–H groups in total. The SMILES string of the molecule is CCS(=O)(=O)N(C(=O)Nc1ccc2c(c1)C(c1ccccc1)Oc1cccc(OC)c1-2)S(=O)(=O)CC. The zero-order valence-corrected chi connectivity index (χ0v) is 21.6. The van der Waals surface area contributed by atoms with Crippen molar-refractivity contribution in [3.8, 4) is 22.6 Å². The number of sulfonamides is 2. The maximum Gasteiger partial charge on any atom is 0.349 e. The third kappa shape index (κ3) is 4.63. The molecule has 0 aromatic heterocycles. The first-order valence-corrected chi connectivity index (χ1v) is 14.4. The molecule has 0 bridgehead atoms. The molecule has 1 heterocycles. The van der Waals surface area contributed by atoms with Gasteiger partial charge in [-0.25, -0.2) is 21.6 Å². The number of rotatable bonds is 7. The lowest BCUT2D eigenvalue weighted by Gasteiger charge is -2.30. The maximum atomic E-state index is 12.9. The second kappa shape index (κ2) is 9.82. The van der Waals surface area contributed by atoms with Crippen LogP contribution in [-0.4, -0.2) is 45.2 Å². The van der Waals surface area contributed by atoms with Gasteiger partial charge in [-0.15, -0.1) is 3.71 Å². The molecule has 0 saturated carbocycles. The van der Waals surface area contributed by atoms with Crippen molar-refractivity contribution >= 4 is 31.8 Å².